The van der Waals surface area contributed by atoms with Crippen molar-refractivity contribution in [2.24, 2.45) is 0 Å². The number of hydrogen-bond acceptors (Lipinski definition) is 5. The molecule has 1 fully saturated rings. The molecule has 1 heterocycles. The maximum absolute atomic E-state index is 11.0. The second-order valence-corrected chi connectivity index (χ2v) is 5.03. The lowest BCUT2D eigenvalue weighted by Crippen LogP contribution is -2.35. The Morgan fingerprint density at radius 3 is 2.69 bits per heavy atom. The molecule has 1 unspecified atom stereocenters. The molecule has 5 nitrogen and oxygen atoms in total. The van der Waals surface area contributed by atoms with E-state index in [4.69, 9.17) is 18.0 Å². The fourth-order valence-corrected chi connectivity index (χ4v) is 2.57. The van der Waals surface area contributed by atoms with E-state index in [1.807, 2.05) is 0 Å². The van der Waals surface area contributed by atoms with Crippen LogP contribution in [-0.4, -0.2) is 33.0 Å². The molecular formula is C7H14O5S. The summed E-state index contributed by atoms with van der Waals surface area (Å²) in [6, 6.07) is 0. The molecule has 0 amide bonds. The molecule has 0 aromatic carbocycles. The van der Waals surface area contributed by atoms with Crippen LogP contribution in [0.2, 0.25) is 0 Å². The third-order valence-corrected chi connectivity index (χ3v) is 3.18. The van der Waals surface area contributed by atoms with Gasteiger partial charge < -0.3 is 13.8 Å². The fourth-order valence-electron chi connectivity index (χ4n) is 1.11. The van der Waals surface area contributed by atoms with Crippen LogP contribution >= 0.6 is 10.9 Å². The van der Waals surface area contributed by atoms with E-state index >= 15 is 0 Å². The zero-order chi connectivity index (χ0) is 10.1. The zero-order valence-corrected chi connectivity index (χ0v) is 8.47. The molecule has 13 heavy (non-hydrogen) atoms. The van der Waals surface area contributed by atoms with Crippen molar-refractivity contribution in [1.82, 2.24) is 0 Å². The van der Waals surface area contributed by atoms with Gasteiger partial charge in [0.15, 0.2) is 0 Å². The van der Waals surface area contributed by atoms with E-state index in [1.54, 1.807) is 13.8 Å². The van der Waals surface area contributed by atoms with Crippen LogP contribution in [0.15, 0.2) is 0 Å². The number of esters is 1. The van der Waals surface area contributed by atoms with E-state index in [0.717, 1.165) is 0 Å². The second-order valence-electron chi connectivity index (χ2n) is 3.29. The predicted octanol–water partition coefficient (Wildman–Crippen LogP) is 1.39. The summed E-state index contributed by atoms with van der Waals surface area (Å²) in [7, 11) is -2.98. The first-order valence-corrected chi connectivity index (χ1v) is 5.63. The zero-order valence-electron chi connectivity index (χ0n) is 7.65. The van der Waals surface area contributed by atoms with Crippen LogP contribution in [0.25, 0.3) is 0 Å². The summed E-state index contributed by atoms with van der Waals surface area (Å²) >= 11 is 0. The van der Waals surface area contributed by atoms with E-state index in [-0.39, 0.29) is 24.7 Å². The molecule has 0 saturated carbocycles. The van der Waals surface area contributed by atoms with Crippen LogP contribution in [0.5, 0.6) is 0 Å². The normalized spacial score (nSPS) is 34.2. The van der Waals surface area contributed by atoms with Crippen LogP contribution in [0.3, 0.4) is 0 Å². The van der Waals surface area contributed by atoms with Gasteiger partial charge in [-0.1, -0.05) is 6.92 Å². The smallest absolute Gasteiger partial charge is 0.306 e. The van der Waals surface area contributed by atoms with Crippen LogP contribution in [0, 0.1) is 0 Å². The van der Waals surface area contributed by atoms with Crippen molar-refractivity contribution in [2.45, 2.75) is 25.9 Å². The highest BCUT2D eigenvalue weighted by molar-refractivity contribution is 8.20. The summed E-state index contributed by atoms with van der Waals surface area (Å²) in [5.74, 6) is -0.394. The Labute approximate surface area is 78.6 Å². The van der Waals surface area contributed by atoms with E-state index in [2.05, 4.69) is 0 Å². The van der Waals surface area contributed by atoms with Crippen LogP contribution in [0.4, 0.5) is 0 Å². The van der Waals surface area contributed by atoms with Crippen molar-refractivity contribution < 1.29 is 22.8 Å². The number of carbonyl (C=O) groups excluding carboxylic acids is 1. The molecule has 0 spiro atoms. The lowest BCUT2D eigenvalue weighted by molar-refractivity contribution is -0.156. The molecule has 1 atom stereocenters. The van der Waals surface area contributed by atoms with Gasteiger partial charge in [-0.05, 0) is 6.92 Å². The van der Waals surface area contributed by atoms with Gasteiger partial charge in [-0.2, -0.15) is 0 Å². The number of ether oxygens (including phenoxy) is 1. The van der Waals surface area contributed by atoms with Gasteiger partial charge in [-0.15, -0.1) is 0 Å². The lowest BCUT2D eigenvalue weighted by Gasteiger charge is -2.23. The Bertz CT molecular complexity index is 217. The SMILES string of the molecule is CCC(=O)OC1(C)COS(O)(O)C1. The molecule has 0 aromatic rings. The van der Waals surface area contributed by atoms with Crippen molar-refractivity contribution in [2.75, 3.05) is 12.4 Å². The van der Waals surface area contributed by atoms with Gasteiger partial charge in [0.25, 0.3) is 0 Å². The monoisotopic (exact) mass is 210 g/mol. The van der Waals surface area contributed by atoms with Crippen LogP contribution in [0.1, 0.15) is 20.3 Å². The quantitative estimate of drug-likeness (QED) is 0.673. The largest absolute Gasteiger partial charge is 0.456 e. The van der Waals surface area contributed by atoms with Gasteiger partial charge in [-0.25, -0.2) is 0 Å². The van der Waals surface area contributed by atoms with E-state index in [0.29, 0.717) is 0 Å². The predicted molar refractivity (Wildman–Crippen MR) is 48.5 cm³/mol. The maximum Gasteiger partial charge on any atom is 0.306 e. The van der Waals surface area contributed by atoms with Gasteiger partial charge in [0.05, 0.1) is 16.6 Å². The summed E-state index contributed by atoms with van der Waals surface area (Å²) in [6.07, 6.45) is 0.273. The highest BCUT2D eigenvalue weighted by Crippen LogP contribution is 2.50. The molecule has 1 aliphatic heterocycles. The average Bonchev–Trinajstić information content (AvgIpc) is 2.25. The van der Waals surface area contributed by atoms with Gasteiger partial charge >= 0.3 is 5.97 Å². The lowest BCUT2D eigenvalue weighted by atomic mass is 10.1. The minimum Gasteiger partial charge on any atom is -0.456 e. The summed E-state index contributed by atoms with van der Waals surface area (Å²) in [5, 5.41) is 0. The fraction of sp³-hybridized carbons (Fsp3) is 0.857. The Kier molecular flexibility index (Phi) is 2.86. The average molecular weight is 210 g/mol. The molecule has 1 aliphatic rings. The molecule has 0 bridgehead atoms. The number of hydrogen-bond donors (Lipinski definition) is 2. The second kappa shape index (κ2) is 3.45. The molecular weight excluding hydrogens is 196 g/mol. The van der Waals surface area contributed by atoms with E-state index in [9.17, 15) is 4.79 Å². The Balaban J connectivity index is 2.55. The third-order valence-electron chi connectivity index (χ3n) is 1.70. The summed E-state index contributed by atoms with van der Waals surface area (Å²) < 4.78 is 28.0. The first-order valence-electron chi connectivity index (χ1n) is 3.99. The Hall–Kier alpha value is -0.300. The summed E-state index contributed by atoms with van der Waals surface area (Å²) in [5.41, 5.74) is -0.883. The molecule has 1 rings (SSSR count). The van der Waals surface area contributed by atoms with Gasteiger partial charge in [0.2, 0.25) is 0 Å². The molecule has 6 heteroatoms. The molecule has 2 N–H and O–H groups in total. The molecule has 0 aromatic heterocycles. The molecule has 0 radical (unpaired) electrons. The highest BCUT2D eigenvalue weighted by Gasteiger charge is 2.44. The third kappa shape index (κ3) is 2.84. The van der Waals surface area contributed by atoms with Gasteiger partial charge in [-0.3, -0.25) is 8.98 Å². The standard InChI is InChI=1S/C7H14O5S/c1-3-6(8)12-7(2)4-11-13(9,10)5-7/h9-10H,3-5H2,1-2H3. The van der Waals surface area contributed by atoms with Crippen molar-refractivity contribution in [3.05, 3.63) is 0 Å². The van der Waals surface area contributed by atoms with Crippen molar-refractivity contribution in [3.63, 3.8) is 0 Å². The first-order chi connectivity index (χ1) is 5.87. The van der Waals surface area contributed by atoms with Crippen molar-refractivity contribution in [1.29, 1.82) is 0 Å². The Morgan fingerprint density at radius 1 is 1.69 bits per heavy atom. The minimum absolute atomic E-state index is 0.0360. The van der Waals surface area contributed by atoms with Crippen molar-refractivity contribution >= 4 is 16.8 Å². The topological polar surface area (TPSA) is 76.0 Å². The maximum atomic E-state index is 11.0. The number of carbonyl (C=O) groups is 1. The van der Waals surface area contributed by atoms with Gasteiger partial charge in [0, 0.05) is 6.42 Å². The summed E-state index contributed by atoms with van der Waals surface area (Å²) in [6.45, 7) is 3.35. The van der Waals surface area contributed by atoms with Gasteiger partial charge in [0.1, 0.15) is 12.2 Å². The summed E-state index contributed by atoms with van der Waals surface area (Å²) in [4.78, 5) is 11.0. The van der Waals surface area contributed by atoms with E-state index < -0.39 is 16.5 Å². The van der Waals surface area contributed by atoms with Crippen molar-refractivity contribution in [3.8, 4) is 0 Å². The molecule has 0 aliphatic carbocycles. The molecule has 1 saturated heterocycles. The highest BCUT2D eigenvalue weighted by atomic mass is 32.3. The first kappa shape index (κ1) is 10.8. The van der Waals surface area contributed by atoms with Crippen LogP contribution < -0.4 is 0 Å². The number of rotatable bonds is 2. The van der Waals surface area contributed by atoms with Crippen LogP contribution in [-0.2, 0) is 13.7 Å². The Morgan fingerprint density at radius 2 is 2.31 bits per heavy atom. The van der Waals surface area contributed by atoms with E-state index in [1.165, 1.54) is 0 Å². The minimum atomic E-state index is -2.98. The molecule has 78 valence electrons.